The molecule has 0 unspecified atom stereocenters. The fraction of sp³-hybridized carbons (Fsp3) is 0.643. The van der Waals surface area contributed by atoms with E-state index in [2.05, 4.69) is 21.9 Å². The molecule has 1 aromatic rings. The number of hydrogen-bond acceptors (Lipinski definition) is 4. The van der Waals surface area contributed by atoms with E-state index in [-0.39, 0.29) is 11.1 Å². The van der Waals surface area contributed by atoms with Crippen LogP contribution in [0.25, 0.3) is 0 Å². The summed E-state index contributed by atoms with van der Waals surface area (Å²) in [5.74, 6) is 0.697. The smallest absolute Gasteiger partial charge is 0.260 e. The lowest BCUT2D eigenvalue weighted by Gasteiger charge is -2.26. The largest absolute Gasteiger partial charge is 0.383 e. The van der Waals surface area contributed by atoms with E-state index in [1.54, 1.807) is 12.1 Å². The van der Waals surface area contributed by atoms with Gasteiger partial charge in [-0.2, -0.15) is 0 Å². The van der Waals surface area contributed by atoms with Gasteiger partial charge >= 0.3 is 0 Å². The van der Waals surface area contributed by atoms with Gasteiger partial charge < -0.3 is 5.32 Å². The van der Waals surface area contributed by atoms with Gasteiger partial charge in [-0.1, -0.05) is 6.92 Å². The van der Waals surface area contributed by atoms with Crippen LogP contribution < -0.4 is 10.0 Å². The Morgan fingerprint density at radius 3 is 2.65 bits per heavy atom. The van der Waals surface area contributed by atoms with Crippen LogP contribution in [0, 0.1) is 5.92 Å². The van der Waals surface area contributed by atoms with Crippen LogP contribution in [0.1, 0.15) is 39.5 Å². The van der Waals surface area contributed by atoms with Crippen molar-refractivity contribution in [2.45, 2.75) is 50.6 Å². The molecule has 0 aromatic carbocycles. The summed E-state index contributed by atoms with van der Waals surface area (Å²) in [7, 11) is -3.55. The number of sulfonamides is 1. The van der Waals surface area contributed by atoms with E-state index < -0.39 is 10.0 Å². The van der Waals surface area contributed by atoms with Crippen LogP contribution in [0.15, 0.2) is 23.4 Å². The van der Waals surface area contributed by atoms with Gasteiger partial charge in [-0.15, -0.1) is 0 Å². The zero-order valence-corrected chi connectivity index (χ0v) is 12.9. The maximum Gasteiger partial charge on any atom is 0.260 e. The minimum Gasteiger partial charge on any atom is -0.383 e. The summed E-state index contributed by atoms with van der Waals surface area (Å²) in [6.07, 6.45) is 5.48. The van der Waals surface area contributed by atoms with Gasteiger partial charge in [0.15, 0.2) is 5.03 Å². The lowest BCUT2D eigenvalue weighted by atomic mass is 9.88. The first-order valence-electron chi connectivity index (χ1n) is 7.24. The highest BCUT2D eigenvalue weighted by Crippen LogP contribution is 2.25. The van der Waals surface area contributed by atoms with Crippen LogP contribution in [0.5, 0.6) is 0 Å². The van der Waals surface area contributed by atoms with Crippen molar-refractivity contribution in [2.24, 2.45) is 5.92 Å². The molecular formula is C14H23N3O2S. The monoisotopic (exact) mass is 297 g/mol. The van der Waals surface area contributed by atoms with Gasteiger partial charge in [0.05, 0.1) is 5.69 Å². The summed E-state index contributed by atoms with van der Waals surface area (Å²) < 4.78 is 27.7. The fourth-order valence-electron chi connectivity index (χ4n) is 2.58. The number of nitrogens with zero attached hydrogens (tertiary/aromatic N) is 1. The van der Waals surface area contributed by atoms with Gasteiger partial charge in [-0.3, -0.25) is 0 Å². The number of rotatable bonds is 5. The van der Waals surface area contributed by atoms with Crippen LogP contribution >= 0.6 is 0 Å². The Kier molecular flexibility index (Phi) is 4.99. The Bertz CT molecular complexity index is 537. The molecule has 1 heterocycles. The second kappa shape index (κ2) is 6.54. The van der Waals surface area contributed by atoms with Crippen molar-refractivity contribution in [3.05, 3.63) is 18.3 Å². The Morgan fingerprint density at radius 1 is 1.30 bits per heavy atom. The van der Waals surface area contributed by atoms with E-state index in [0.717, 1.165) is 25.7 Å². The van der Waals surface area contributed by atoms with Crippen LogP contribution in [-0.2, 0) is 10.0 Å². The van der Waals surface area contributed by atoms with Crippen LogP contribution in [0.2, 0.25) is 0 Å². The number of hydrogen-bond donors (Lipinski definition) is 2. The molecule has 0 atom stereocenters. The molecule has 6 heteroatoms. The van der Waals surface area contributed by atoms with Crippen molar-refractivity contribution in [3.63, 3.8) is 0 Å². The number of anilines is 1. The average Bonchev–Trinajstić information content (AvgIpc) is 2.42. The van der Waals surface area contributed by atoms with Gasteiger partial charge in [0, 0.05) is 18.8 Å². The summed E-state index contributed by atoms with van der Waals surface area (Å²) >= 11 is 0. The van der Waals surface area contributed by atoms with Crippen molar-refractivity contribution in [1.82, 2.24) is 9.71 Å². The molecule has 0 bridgehead atoms. The Labute approximate surface area is 121 Å². The van der Waals surface area contributed by atoms with Crippen molar-refractivity contribution >= 4 is 15.7 Å². The number of aromatic nitrogens is 1. The lowest BCUT2D eigenvalue weighted by molar-refractivity contribution is 0.332. The topological polar surface area (TPSA) is 71.1 Å². The van der Waals surface area contributed by atoms with Crippen molar-refractivity contribution < 1.29 is 8.42 Å². The number of nitrogens with one attached hydrogen (secondary N) is 2. The van der Waals surface area contributed by atoms with Gasteiger partial charge in [-0.05, 0) is 50.7 Å². The molecule has 1 aromatic heterocycles. The predicted octanol–water partition coefficient (Wildman–Crippen LogP) is 2.37. The minimum atomic E-state index is -3.55. The molecule has 0 aliphatic heterocycles. The van der Waals surface area contributed by atoms with E-state index in [1.165, 1.54) is 6.20 Å². The molecule has 112 valence electrons. The highest BCUT2D eigenvalue weighted by Gasteiger charge is 2.26. The second-order valence-corrected chi connectivity index (χ2v) is 7.09. The molecule has 0 radical (unpaired) electrons. The second-order valence-electron chi connectivity index (χ2n) is 5.46. The standard InChI is InChI=1S/C14H23N3O2S/c1-3-15-13-5-4-10-16-14(13)20(18,19)17-12-8-6-11(2)7-9-12/h4-5,10-12,15,17H,3,6-9H2,1-2H3. The molecule has 1 fully saturated rings. The predicted molar refractivity (Wildman–Crippen MR) is 80.1 cm³/mol. The molecule has 0 saturated heterocycles. The summed E-state index contributed by atoms with van der Waals surface area (Å²) in [6.45, 7) is 4.81. The quantitative estimate of drug-likeness (QED) is 0.875. The van der Waals surface area contributed by atoms with E-state index in [1.807, 2.05) is 6.92 Å². The Morgan fingerprint density at radius 2 is 2.00 bits per heavy atom. The maximum atomic E-state index is 12.5. The summed E-state index contributed by atoms with van der Waals surface area (Å²) in [5, 5.41) is 3.14. The number of pyridine rings is 1. The summed E-state index contributed by atoms with van der Waals surface area (Å²) in [5.41, 5.74) is 0.562. The Balaban J connectivity index is 2.14. The molecule has 2 N–H and O–H groups in total. The molecule has 5 nitrogen and oxygen atoms in total. The van der Waals surface area contributed by atoms with E-state index >= 15 is 0 Å². The molecule has 1 aliphatic carbocycles. The van der Waals surface area contributed by atoms with E-state index in [9.17, 15) is 8.42 Å². The highest BCUT2D eigenvalue weighted by atomic mass is 32.2. The molecule has 0 spiro atoms. The van der Waals surface area contributed by atoms with Crippen molar-refractivity contribution in [3.8, 4) is 0 Å². The zero-order valence-electron chi connectivity index (χ0n) is 12.1. The first-order chi connectivity index (χ1) is 9.53. The van der Waals surface area contributed by atoms with E-state index in [0.29, 0.717) is 18.2 Å². The van der Waals surface area contributed by atoms with Crippen LogP contribution in [0.4, 0.5) is 5.69 Å². The lowest BCUT2D eigenvalue weighted by Crippen LogP contribution is -2.38. The first-order valence-corrected chi connectivity index (χ1v) is 8.72. The molecule has 2 rings (SSSR count). The molecule has 1 aliphatic rings. The first kappa shape index (κ1) is 15.3. The van der Waals surface area contributed by atoms with Crippen LogP contribution in [-0.4, -0.2) is 26.0 Å². The Hall–Kier alpha value is -1.14. The highest BCUT2D eigenvalue weighted by molar-refractivity contribution is 7.89. The molecular weight excluding hydrogens is 274 g/mol. The third-order valence-corrected chi connectivity index (χ3v) is 5.21. The minimum absolute atomic E-state index is 0.0349. The third kappa shape index (κ3) is 3.70. The van der Waals surface area contributed by atoms with Crippen molar-refractivity contribution in [2.75, 3.05) is 11.9 Å². The zero-order chi connectivity index (χ0) is 14.6. The van der Waals surface area contributed by atoms with Gasteiger partial charge in [-0.25, -0.2) is 18.1 Å². The van der Waals surface area contributed by atoms with E-state index in [4.69, 9.17) is 0 Å². The normalized spacial score (nSPS) is 23.5. The average molecular weight is 297 g/mol. The maximum absolute atomic E-state index is 12.5. The van der Waals surface area contributed by atoms with Crippen molar-refractivity contribution in [1.29, 1.82) is 0 Å². The third-order valence-electron chi connectivity index (χ3n) is 3.73. The van der Waals surface area contributed by atoms with Gasteiger partial charge in [0.25, 0.3) is 10.0 Å². The molecule has 20 heavy (non-hydrogen) atoms. The molecule has 0 amide bonds. The van der Waals surface area contributed by atoms with Gasteiger partial charge in [0.1, 0.15) is 0 Å². The van der Waals surface area contributed by atoms with Crippen LogP contribution in [0.3, 0.4) is 0 Å². The van der Waals surface area contributed by atoms with Gasteiger partial charge in [0.2, 0.25) is 0 Å². The summed E-state index contributed by atoms with van der Waals surface area (Å²) in [6, 6.07) is 3.51. The summed E-state index contributed by atoms with van der Waals surface area (Å²) in [4.78, 5) is 4.04. The fourth-order valence-corrected chi connectivity index (χ4v) is 4.00. The molecule has 1 saturated carbocycles. The SMILES string of the molecule is CCNc1cccnc1S(=O)(=O)NC1CCC(C)CC1.